The van der Waals surface area contributed by atoms with Gasteiger partial charge in [-0.15, -0.1) is 0 Å². The average Bonchev–Trinajstić information content (AvgIpc) is 2.54. The number of nitrogens with one attached hydrogen (secondary N) is 2. The van der Waals surface area contributed by atoms with Crippen molar-refractivity contribution in [2.45, 2.75) is 19.8 Å². The Morgan fingerprint density at radius 1 is 1.25 bits per heavy atom. The molecule has 1 aromatic carbocycles. The number of H-pyrrole nitrogens is 1. The molecule has 1 atom stereocenters. The van der Waals surface area contributed by atoms with Crippen LogP contribution in [0, 0.1) is 5.92 Å². The summed E-state index contributed by atoms with van der Waals surface area (Å²) in [6, 6.07) is 8.31. The van der Waals surface area contributed by atoms with E-state index in [-0.39, 0.29) is 17.3 Å². The number of hydrogen-bond donors (Lipinski definition) is 2. The lowest BCUT2D eigenvalue weighted by molar-refractivity contribution is 0.0952. The van der Waals surface area contributed by atoms with Crippen molar-refractivity contribution in [1.29, 1.82) is 0 Å². The highest BCUT2D eigenvalue weighted by Gasteiger charge is 2.25. The lowest BCUT2D eigenvalue weighted by atomic mass is 9.86. The minimum atomic E-state index is -0.574. The maximum absolute atomic E-state index is 12.5. The molecule has 6 heteroatoms. The van der Waals surface area contributed by atoms with Gasteiger partial charge in [0.2, 0.25) is 0 Å². The third-order valence-electron chi connectivity index (χ3n) is 4.11. The van der Waals surface area contributed by atoms with Gasteiger partial charge >= 0.3 is 0 Å². The normalized spacial score (nSPS) is 16.4. The van der Waals surface area contributed by atoms with E-state index in [0.29, 0.717) is 35.5 Å². The fraction of sp³-hybridized carbons (Fsp3) is 0.278. The van der Waals surface area contributed by atoms with E-state index in [0.717, 1.165) is 0 Å². The average molecular weight is 326 g/mol. The van der Waals surface area contributed by atoms with Crippen LogP contribution in [0.4, 0.5) is 5.69 Å². The van der Waals surface area contributed by atoms with E-state index in [4.69, 9.17) is 4.74 Å². The van der Waals surface area contributed by atoms with Crippen molar-refractivity contribution in [1.82, 2.24) is 4.98 Å². The molecule has 1 heterocycles. The molecule has 0 bridgehead atoms. The molecule has 1 aliphatic carbocycles. The lowest BCUT2D eigenvalue weighted by Crippen LogP contribution is -2.29. The molecule has 24 heavy (non-hydrogen) atoms. The van der Waals surface area contributed by atoms with Crippen LogP contribution in [-0.2, 0) is 6.42 Å². The zero-order valence-corrected chi connectivity index (χ0v) is 13.5. The van der Waals surface area contributed by atoms with Gasteiger partial charge in [-0.3, -0.25) is 14.4 Å². The molecule has 0 aliphatic heterocycles. The molecule has 1 aliphatic rings. The molecule has 0 saturated heterocycles. The summed E-state index contributed by atoms with van der Waals surface area (Å²) < 4.78 is 5.18. The van der Waals surface area contributed by atoms with E-state index in [1.54, 1.807) is 24.3 Å². The summed E-state index contributed by atoms with van der Waals surface area (Å²) in [6.07, 6.45) is 1.05. The minimum Gasteiger partial charge on any atom is -0.495 e. The fourth-order valence-electron chi connectivity index (χ4n) is 2.93. The van der Waals surface area contributed by atoms with Gasteiger partial charge < -0.3 is 15.0 Å². The number of aromatic amines is 1. The molecule has 0 spiro atoms. The second-order valence-corrected chi connectivity index (χ2v) is 6.00. The predicted octanol–water partition coefficient (Wildman–Crippen LogP) is 2.40. The lowest BCUT2D eigenvalue weighted by Gasteiger charge is -2.20. The first-order chi connectivity index (χ1) is 11.5. The summed E-state index contributed by atoms with van der Waals surface area (Å²) in [6.45, 7) is 1.96. The van der Waals surface area contributed by atoms with Crippen LogP contribution >= 0.6 is 0 Å². The SMILES string of the molecule is COc1ccccc1NC(=O)c1cc2c([nH]c1=O)C[C@@H](C)CC2=O. The van der Waals surface area contributed by atoms with Crippen molar-refractivity contribution in [3.05, 3.63) is 57.5 Å². The zero-order chi connectivity index (χ0) is 17.3. The number of rotatable bonds is 3. The van der Waals surface area contributed by atoms with Crippen LogP contribution in [0.3, 0.4) is 0 Å². The van der Waals surface area contributed by atoms with Crippen LogP contribution in [-0.4, -0.2) is 23.8 Å². The Balaban J connectivity index is 1.95. The maximum Gasteiger partial charge on any atom is 0.261 e. The van der Waals surface area contributed by atoms with Crippen LogP contribution in [0.1, 0.15) is 39.8 Å². The van der Waals surface area contributed by atoms with Crippen LogP contribution in [0.5, 0.6) is 5.75 Å². The van der Waals surface area contributed by atoms with Crippen molar-refractivity contribution in [3.63, 3.8) is 0 Å². The topological polar surface area (TPSA) is 88.3 Å². The summed E-state index contributed by atoms with van der Waals surface area (Å²) in [5, 5.41) is 2.65. The van der Waals surface area contributed by atoms with Gasteiger partial charge in [-0.05, 0) is 30.5 Å². The molecule has 2 N–H and O–H groups in total. The number of aromatic nitrogens is 1. The third-order valence-corrected chi connectivity index (χ3v) is 4.11. The molecule has 3 rings (SSSR count). The Kier molecular flexibility index (Phi) is 4.20. The molecule has 0 unspecified atom stereocenters. The van der Waals surface area contributed by atoms with E-state index in [9.17, 15) is 14.4 Å². The number of para-hydroxylation sites is 2. The largest absolute Gasteiger partial charge is 0.495 e. The first-order valence-electron chi connectivity index (χ1n) is 7.73. The van der Waals surface area contributed by atoms with Crippen LogP contribution < -0.4 is 15.6 Å². The highest BCUT2D eigenvalue weighted by Crippen LogP contribution is 2.25. The van der Waals surface area contributed by atoms with Gasteiger partial charge in [0.1, 0.15) is 11.3 Å². The Hall–Kier alpha value is -2.89. The number of carbonyl (C=O) groups excluding carboxylic acids is 2. The van der Waals surface area contributed by atoms with Gasteiger partial charge in [0, 0.05) is 17.7 Å². The van der Waals surface area contributed by atoms with Crippen molar-refractivity contribution in [2.75, 3.05) is 12.4 Å². The Bertz CT molecular complexity index is 870. The zero-order valence-electron chi connectivity index (χ0n) is 13.5. The second kappa shape index (κ2) is 6.31. The maximum atomic E-state index is 12.5. The second-order valence-electron chi connectivity index (χ2n) is 6.00. The molecule has 2 aromatic rings. The number of benzene rings is 1. The van der Waals surface area contributed by atoms with Crippen molar-refractivity contribution >= 4 is 17.4 Å². The number of methoxy groups -OCH3 is 1. The van der Waals surface area contributed by atoms with Crippen molar-refractivity contribution in [3.8, 4) is 5.75 Å². The molecular formula is C18H18N2O4. The van der Waals surface area contributed by atoms with Crippen LogP contribution in [0.15, 0.2) is 35.1 Å². The van der Waals surface area contributed by atoms with Crippen molar-refractivity contribution < 1.29 is 14.3 Å². The number of carbonyl (C=O) groups is 2. The number of amides is 1. The number of hydrogen-bond acceptors (Lipinski definition) is 4. The van der Waals surface area contributed by atoms with Gasteiger partial charge in [0.05, 0.1) is 12.8 Å². The first kappa shape index (κ1) is 16.0. The number of fused-ring (bicyclic) bond motifs is 1. The van der Waals surface area contributed by atoms with Crippen molar-refractivity contribution in [2.24, 2.45) is 5.92 Å². The molecule has 0 saturated carbocycles. The molecule has 124 valence electrons. The van der Waals surface area contributed by atoms with E-state index in [1.165, 1.54) is 13.2 Å². The molecular weight excluding hydrogens is 308 g/mol. The van der Waals surface area contributed by atoms with Crippen LogP contribution in [0.25, 0.3) is 0 Å². The standard InChI is InChI=1S/C18H18N2O4/c1-10-7-14-11(15(21)8-10)9-12(18(23)20-14)17(22)19-13-5-3-4-6-16(13)24-2/h3-6,9-10H,7-8H2,1-2H3,(H,19,22)(H,20,23)/t10-/m1/s1. The van der Waals surface area contributed by atoms with E-state index in [1.807, 2.05) is 6.92 Å². The predicted molar refractivity (Wildman–Crippen MR) is 89.8 cm³/mol. The summed E-state index contributed by atoms with van der Waals surface area (Å²) in [5.74, 6) is 0.0559. The fourth-order valence-corrected chi connectivity index (χ4v) is 2.93. The number of Topliss-reactive ketones (excluding diaryl/α,β-unsaturated/α-hetero) is 1. The van der Waals surface area contributed by atoms with Crippen LogP contribution in [0.2, 0.25) is 0 Å². The molecule has 1 amide bonds. The Labute approximate surface area is 138 Å². The van der Waals surface area contributed by atoms with Gasteiger partial charge in [-0.1, -0.05) is 19.1 Å². The first-order valence-corrected chi connectivity index (χ1v) is 7.73. The molecule has 0 fully saturated rings. The Morgan fingerprint density at radius 2 is 2.00 bits per heavy atom. The highest BCUT2D eigenvalue weighted by molar-refractivity contribution is 6.07. The van der Waals surface area contributed by atoms with Gasteiger partial charge in [-0.2, -0.15) is 0 Å². The summed E-state index contributed by atoms with van der Waals surface area (Å²) in [4.78, 5) is 39.5. The monoisotopic (exact) mass is 326 g/mol. The third kappa shape index (κ3) is 2.95. The number of ketones is 1. The van der Waals surface area contributed by atoms with E-state index >= 15 is 0 Å². The van der Waals surface area contributed by atoms with Gasteiger partial charge in [0.15, 0.2) is 5.78 Å². The van der Waals surface area contributed by atoms with Gasteiger partial charge in [0.25, 0.3) is 11.5 Å². The quantitative estimate of drug-likeness (QED) is 0.906. The Morgan fingerprint density at radius 3 is 2.75 bits per heavy atom. The summed E-state index contributed by atoms with van der Waals surface area (Å²) in [5.41, 5.74) is 0.920. The highest BCUT2D eigenvalue weighted by atomic mass is 16.5. The number of anilines is 1. The minimum absolute atomic E-state index is 0.0497. The van der Waals surface area contributed by atoms with E-state index in [2.05, 4.69) is 10.3 Å². The van der Waals surface area contributed by atoms with Gasteiger partial charge in [-0.25, -0.2) is 0 Å². The summed E-state index contributed by atoms with van der Waals surface area (Å²) in [7, 11) is 1.50. The smallest absolute Gasteiger partial charge is 0.261 e. The van der Waals surface area contributed by atoms with E-state index < -0.39 is 11.5 Å². The summed E-state index contributed by atoms with van der Waals surface area (Å²) >= 11 is 0. The molecule has 0 radical (unpaired) electrons. The number of ether oxygens (including phenoxy) is 1. The molecule has 1 aromatic heterocycles. The number of pyridine rings is 1. The molecule has 6 nitrogen and oxygen atoms in total.